The van der Waals surface area contributed by atoms with Crippen molar-refractivity contribution in [2.45, 2.75) is 25.2 Å². The monoisotopic (exact) mass is 397 g/mol. The van der Waals surface area contributed by atoms with Gasteiger partial charge in [-0.2, -0.15) is 0 Å². The molecule has 1 aliphatic heterocycles. The number of nitrogens with one attached hydrogen (secondary N) is 1. The van der Waals surface area contributed by atoms with Crippen LogP contribution in [0.5, 0.6) is 11.5 Å². The lowest BCUT2D eigenvalue weighted by molar-refractivity contribution is -0.116. The molecule has 0 saturated carbocycles. The molecule has 2 aliphatic rings. The van der Waals surface area contributed by atoms with Crippen molar-refractivity contribution < 1.29 is 14.3 Å². The summed E-state index contributed by atoms with van der Waals surface area (Å²) in [6, 6.07) is 5.31. The standard InChI is InChI=1S/C21H23N3O5/c1-23-19-18(20(26)24(2)21(23)27)16(17-13(22-19)6-5-7-14(17)25)12-10-11(28-3)8-9-15(12)29-4/h8-10,16,22H,5-7H2,1-4H3/t16-/m0/s1. The zero-order valence-electron chi connectivity index (χ0n) is 16.9. The van der Waals surface area contributed by atoms with Crippen molar-refractivity contribution in [1.29, 1.82) is 0 Å². The van der Waals surface area contributed by atoms with E-state index in [1.165, 1.54) is 11.6 Å². The Morgan fingerprint density at radius 3 is 2.48 bits per heavy atom. The summed E-state index contributed by atoms with van der Waals surface area (Å²) in [7, 11) is 6.16. The van der Waals surface area contributed by atoms with Crippen LogP contribution in [-0.2, 0) is 18.9 Å². The molecule has 0 radical (unpaired) electrons. The van der Waals surface area contributed by atoms with E-state index in [0.29, 0.717) is 46.9 Å². The minimum atomic E-state index is -0.649. The van der Waals surface area contributed by atoms with Gasteiger partial charge < -0.3 is 14.8 Å². The molecule has 4 rings (SSSR count). The van der Waals surface area contributed by atoms with E-state index in [1.54, 1.807) is 39.5 Å². The average Bonchev–Trinajstić information content (AvgIpc) is 2.74. The van der Waals surface area contributed by atoms with E-state index in [0.717, 1.165) is 16.7 Å². The molecule has 0 spiro atoms. The number of ether oxygens (including phenoxy) is 2. The van der Waals surface area contributed by atoms with Gasteiger partial charge in [-0.25, -0.2) is 4.79 Å². The molecule has 0 saturated heterocycles. The Morgan fingerprint density at radius 1 is 1.03 bits per heavy atom. The van der Waals surface area contributed by atoms with Gasteiger partial charge in [0.25, 0.3) is 5.56 Å². The first-order chi connectivity index (χ1) is 13.9. The molecule has 0 amide bonds. The van der Waals surface area contributed by atoms with Crippen LogP contribution < -0.4 is 26.0 Å². The molecule has 29 heavy (non-hydrogen) atoms. The van der Waals surface area contributed by atoms with Crippen LogP contribution in [0.2, 0.25) is 0 Å². The highest BCUT2D eigenvalue weighted by atomic mass is 16.5. The first-order valence-corrected chi connectivity index (χ1v) is 9.44. The normalized spacial score (nSPS) is 18.1. The largest absolute Gasteiger partial charge is 0.497 e. The lowest BCUT2D eigenvalue weighted by Crippen LogP contribution is -2.44. The van der Waals surface area contributed by atoms with Crippen molar-refractivity contribution in [3.63, 3.8) is 0 Å². The highest BCUT2D eigenvalue weighted by Crippen LogP contribution is 2.46. The predicted molar refractivity (Wildman–Crippen MR) is 108 cm³/mol. The van der Waals surface area contributed by atoms with Crippen LogP contribution in [0, 0.1) is 0 Å². The number of benzene rings is 1. The van der Waals surface area contributed by atoms with Crippen LogP contribution in [0.4, 0.5) is 5.82 Å². The quantitative estimate of drug-likeness (QED) is 0.847. The van der Waals surface area contributed by atoms with Crippen LogP contribution in [-0.4, -0.2) is 29.1 Å². The van der Waals surface area contributed by atoms with Crippen molar-refractivity contribution in [2.24, 2.45) is 14.1 Å². The molecule has 0 fully saturated rings. The summed E-state index contributed by atoms with van der Waals surface area (Å²) in [4.78, 5) is 38.7. The van der Waals surface area contributed by atoms with Gasteiger partial charge in [0.15, 0.2) is 5.78 Å². The fourth-order valence-electron chi connectivity index (χ4n) is 4.27. The number of hydrogen-bond acceptors (Lipinski definition) is 6. The molecule has 1 aromatic heterocycles. The van der Waals surface area contributed by atoms with Gasteiger partial charge in [0.05, 0.1) is 25.7 Å². The van der Waals surface area contributed by atoms with E-state index in [4.69, 9.17) is 9.47 Å². The Balaban J connectivity index is 2.12. The highest BCUT2D eigenvalue weighted by molar-refractivity contribution is 6.01. The van der Waals surface area contributed by atoms with E-state index in [-0.39, 0.29) is 5.78 Å². The number of hydrogen-bond donors (Lipinski definition) is 1. The highest BCUT2D eigenvalue weighted by Gasteiger charge is 2.40. The van der Waals surface area contributed by atoms with Gasteiger partial charge in [0.1, 0.15) is 17.3 Å². The summed E-state index contributed by atoms with van der Waals surface area (Å²) in [5.41, 5.74) is 1.47. The molecule has 0 unspecified atom stereocenters. The molecule has 8 heteroatoms. The second-order valence-corrected chi connectivity index (χ2v) is 7.30. The van der Waals surface area contributed by atoms with Gasteiger partial charge in [-0.3, -0.25) is 18.7 Å². The van der Waals surface area contributed by atoms with Gasteiger partial charge in [-0.1, -0.05) is 0 Å². The number of nitrogens with zero attached hydrogens (tertiary/aromatic N) is 2. The van der Waals surface area contributed by atoms with Crippen LogP contribution in [0.3, 0.4) is 0 Å². The lowest BCUT2D eigenvalue weighted by atomic mass is 9.76. The molecular formula is C21H23N3O5. The summed E-state index contributed by atoms with van der Waals surface area (Å²) >= 11 is 0. The maximum Gasteiger partial charge on any atom is 0.332 e. The molecule has 1 aromatic carbocycles. The first kappa shape index (κ1) is 19.0. The topological polar surface area (TPSA) is 91.6 Å². The molecule has 1 aliphatic carbocycles. The Labute approximate surface area is 167 Å². The zero-order chi connectivity index (χ0) is 20.9. The molecule has 8 nitrogen and oxygen atoms in total. The average molecular weight is 397 g/mol. The van der Waals surface area contributed by atoms with Crippen LogP contribution in [0.15, 0.2) is 39.1 Å². The number of anilines is 1. The lowest BCUT2D eigenvalue weighted by Gasteiger charge is -2.34. The molecule has 2 aromatic rings. The van der Waals surface area contributed by atoms with Crippen molar-refractivity contribution >= 4 is 11.6 Å². The van der Waals surface area contributed by atoms with Crippen LogP contribution in [0.1, 0.15) is 36.3 Å². The van der Waals surface area contributed by atoms with Crippen LogP contribution in [0.25, 0.3) is 0 Å². The second-order valence-electron chi connectivity index (χ2n) is 7.30. The Morgan fingerprint density at radius 2 is 1.79 bits per heavy atom. The van der Waals surface area contributed by atoms with Crippen molar-refractivity contribution in [3.05, 3.63) is 61.4 Å². The van der Waals surface area contributed by atoms with Gasteiger partial charge >= 0.3 is 5.69 Å². The number of carbonyl (C=O) groups is 1. The number of carbonyl (C=O) groups excluding carboxylic acids is 1. The number of ketones is 1. The SMILES string of the molecule is COc1ccc(OC)c([C@H]2C3=C(CCCC3=O)Nc3c2c(=O)n(C)c(=O)n3C)c1. The minimum absolute atomic E-state index is 0.00446. The third-order valence-corrected chi connectivity index (χ3v) is 5.75. The second kappa shape index (κ2) is 6.95. The summed E-state index contributed by atoms with van der Waals surface area (Å²) < 4.78 is 13.4. The molecule has 152 valence electrons. The Hall–Kier alpha value is -3.29. The maximum atomic E-state index is 13.2. The molecule has 0 bridgehead atoms. The van der Waals surface area contributed by atoms with Crippen molar-refractivity contribution in [2.75, 3.05) is 19.5 Å². The van der Waals surface area contributed by atoms with Crippen LogP contribution >= 0.6 is 0 Å². The van der Waals surface area contributed by atoms with Gasteiger partial charge in [-0.15, -0.1) is 0 Å². The molecular weight excluding hydrogens is 374 g/mol. The zero-order valence-corrected chi connectivity index (χ0v) is 16.9. The van der Waals surface area contributed by atoms with E-state index in [1.807, 2.05) is 0 Å². The number of Topliss-reactive ketones (excluding diaryl/α,β-unsaturated/α-hetero) is 1. The van der Waals surface area contributed by atoms with E-state index >= 15 is 0 Å². The summed E-state index contributed by atoms with van der Waals surface area (Å²) in [5, 5.41) is 3.21. The van der Waals surface area contributed by atoms with E-state index < -0.39 is 17.2 Å². The van der Waals surface area contributed by atoms with E-state index in [9.17, 15) is 14.4 Å². The first-order valence-electron chi connectivity index (χ1n) is 9.44. The Bertz CT molecular complexity index is 1170. The number of fused-ring (bicyclic) bond motifs is 1. The van der Waals surface area contributed by atoms with Crippen molar-refractivity contribution in [3.8, 4) is 11.5 Å². The number of methoxy groups -OCH3 is 2. The third kappa shape index (κ3) is 2.78. The Kier molecular flexibility index (Phi) is 4.56. The molecule has 2 heterocycles. The molecule has 1 N–H and O–H groups in total. The maximum absolute atomic E-state index is 13.2. The smallest absolute Gasteiger partial charge is 0.332 e. The van der Waals surface area contributed by atoms with Gasteiger partial charge in [-0.05, 0) is 31.0 Å². The third-order valence-electron chi connectivity index (χ3n) is 5.75. The van der Waals surface area contributed by atoms with Crippen molar-refractivity contribution in [1.82, 2.24) is 9.13 Å². The predicted octanol–water partition coefficient (Wildman–Crippen LogP) is 1.67. The fourth-order valence-corrected chi connectivity index (χ4v) is 4.27. The summed E-state index contributed by atoms with van der Waals surface area (Å²) in [5.74, 6) is 0.902. The number of allylic oxidation sites excluding steroid dienone is 2. The summed E-state index contributed by atoms with van der Waals surface area (Å²) in [6.07, 6.45) is 1.82. The summed E-state index contributed by atoms with van der Waals surface area (Å²) in [6.45, 7) is 0. The molecule has 1 atom stereocenters. The fraction of sp³-hybridized carbons (Fsp3) is 0.381. The minimum Gasteiger partial charge on any atom is -0.497 e. The van der Waals surface area contributed by atoms with E-state index in [2.05, 4.69) is 5.32 Å². The van der Waals surface area contributed by atoms with Gasteiger partial charge in [0.2, 0.25) is 0 Å². The number of rotatable bonds is 3. The number of aromatic nitrogens is 2. The van der Waals surface area contributed by atoms with Gasteiger partial charge in [0, 0.05) is 37.3 Å².